The number of non-ortho nitro benzene ring substituents is 1. The highest BCUT2D eigenvalue weighted by Gasteiger charge is 2.36. The fraction of sp³-hybridized carbons (Fsp3) is 0.200. The second kappa shape index (κ2) is 8.78. The molecule has 0 amide bonds. The first-order valence-corrected chi connectivity index (χ1v) is 9.37. The van der Waals surface area contributed by atoms with Crippen LogP contribution in [0.4, 0.5) is 5.69 Å². The summed E-state index contributed by atoms with van der Waals surface area (Å²) in [7, 11) is 1.28. The minimum absolute atomic E-state index is 0.0568. The summed E-state index contributed by atoms with van der Waals surface area (Å²) >= 11 is 5.30. The zero-order chi connectivity index (χ0) is 21.8. The van der Waals surface area contributed by atoms with Gasteiger partial charge < -0.3 is 25.2 Å². The smallest absolute Gasteiger partial charge is 0.338 e. The molecule has 0 bridgehead atoms. The molecule has 156 valence electrons. The van der Waals surface area contributed by atoms with Crippen LogP contribution in [0.5, 0.6) is 11.5 Å². The molecule has 1 heterocycles. The molecular weight excluding hydrogens is 410 g/mol. The van der Waals surface area contributed by atoms with Crippen LogP contribution in [0, 0.1) is 10.1 Å². The van der Waals surface area contributed by atoms with E-state index in [2.05, 4.69) is 10.6 Å². The number of hydrogen-bond acceptors (Lipinski definition) is 7. The minimum Gasteiger partial charge on any atom is -0.504 e. The van der Waals surface area contributed by atoms with Crippen molar-refractivity contribution in [1.82, 2.24) is 10.6 Å². The molecular formula is C20H19N3O6S. The largest absolute Gasteiger partial charge is 0.504 e. The van der Waals surface area contributed by atoms with Crippen molar-refractivity contribution in [2.45, 2.75) is 13.0 Å². The zero-order valence-electron chi connectivity index (χ0n) is 16.2. The number of phenolic OH excluding ortho intramolecular Hbond substituents is 1. The van der Waals surface area contributed by atoms with E-state index < -0.39 is 16.9 Å². The van der Waals surface area contributed by atoms with Crippen molar-refractivity contribution in [2.24, 2.45) is 0 Å². The highest BCUT2D eigenvalue weighted by atomic mass is 32.1. The summed E-state index contributed by atoms with van der Waals surface area (Å²) in [5.41, 5.74) is 0.908. The van der Waals surface area contributed by atoms with Crippen LogP contribution in [0.2, 0.25) is 0 Å². The number of nitro groups is 1. The topological polar surface area (TPSA) is 123 Å². The maximum absolute atomic E-state index is 12.9. The maximum Gasteiger partial charge on any atom is 0.338 e. The maximum atomic E-state index is 12.9. The van der Waals surface area contributed by atoms with Crippen molar-refractivity contribution in [3.05, 3.63) is 69.3 Å². The second-order valence-corrected chi connectivity index (χ2v) is 6.66. The quantitative estimate of drug-likeness (QED) is 0.275. The lowest BCUT2D eigenvalue weighted by Gasteiger charge is -2.31. The van der Waals surface area contributed by atoms with E-state index >= 15 is 0 Å². The number of thiocarbonyl (C=S) groups is 1. The van der Waals surface area contributed by atoms with E-state index in [1.165, 1.54) is 13.2 Å². The first kappa shape index (κ1) is 21.1. The number of aromatic hydroxyl groups is 1. The van der Waals surface area contributed by atoms with Gasteiger partial charge in [-0.2, -0.15) is 0 Å². The molecule has 0 radical (unpaired) electrons. The molecule has 9 nitrogen and oxygen atoms in total. The number of carbonyl (C=O) groups excluding carboxylic acids is 1. The van der Waals surface area contributed by atoms with Crippen LogP contribution >= 0.6 is 12.2 Å². The predicted molar refractivity (Wildman–Crippen MR) is 113 cm³/mol. The molecule has 2 aromatic carbocycles. The number of carbonyl (C=O) groups is 1. The van der Waals surface area contributed by atoms with Crippen molar-refractivity contribution in [3.63, 3.8) is 0 Å². The van der Waals surface area contributed by atoms with Gasteiger partial charge in [-0.15, -0.1) is 0 Å². The number of hydrogen-bond donors (Lipinski definition) is 3. The Kier molecular flexibility index (Phi) is 6.17. The van der Waals surface area contributed by atoms with E-state index in [1.54, 1.807) is 31.2 Å². The Labute approximate surface area is 177 Å². The van der Waals surface area contributed by atoms with Gasteiger partial charge in [0.05, 0.1) is 42.0 Å². The van der Waals surface area contributed by atoms with Gasteiger partial charge in [0.2, 0.25) is 0 Å². The number of esters is 1. The fourth-order valence-electron chi connectivity index (χ4n) is 3.15. The third kappa shape index (κ3) is 4.03. The van der Waals surface area contributed by atoms with Crippen molar-refractivity contribution in [2.75, 3.05) is 13.7 Å². The number of benzene rings is 2. The van der Waals surface area contributed by atoms with Gasteiger partial charge in [0, 0.05) is 11.6 Å². The van der Waals surface area contributed by atoms with Crippen LogP contribution in [-0.4, -0.2) is 34.8 Å². The summed E-state index contributed by atoms with van der Waals surface area (Å²) in [6, 6.07) is 10.2. The monoisotopic (exact) mass is 429 g/mol. The second-order valence-electron chi connectivity index (χ2n) is 6.25. The number of nitro benzene ring substituents is 1. The van der Waals surface area contributed by atoms with Crippen LogP contribution in [0.25, 0.3) is 5.70 Å². The van der Waals surface area contributed by atoms with Crippen LogP contribution in [0.1, 0.15) is 24.1 Å². The number of rotatable bonds is 6. The van der Waals surface area contributed by atoms with E-state index in [0.29, 0.717) is 11.3 Å². The number of nitrogens with zero attached hydrogens (tertiary/aromatic N) is 1. The van der Waals surface area contributed by atoms with Crippen LogP contribution < -0.4 is 15.4 Å². The molecule has 1 aliphatic rings. The molecule has 0 saturated heterocycles. The third-order valence-corrected chi connectivity index (χ3v) is 4.68. The highest BCUT2D eigenvalue weighted by molar-refractivity contribution is 7.80. The van der Waals surface area contributed by atoms with Crippen LogP contribution in [-0.2, 0) is 9.53 Å². The summed E-state index contributed by atoms with van der Waals surface area (Å²) in [5.74, 6) is -1.11. The Morgan fingerprint density at radius 1 is 1.30 bits per heavy atom. The van der Waals surface area contributed by atoms with Gasteiger partial charge in [0.25, 0.3) is 5.69 Å². The van der Waals surface area contributed by atoms with Crippen molar-refractivity contribution < 1.29 is 24.3 Å². The molecule has 0 aromatic heterocycles. The minimum atomic E-state index is -1.01. The first-order valence-electron chi connectivity index (χ1n) is 8.96. The number of methoxy groups -OCH3 is 1. The number of nitrogens with one attached hydrogen (secondary N) is 2. The molecule has 3 rings (SSSR count). The van der Waals surface area contributed by atoms with Crippen molar-refractivity contribution in [3.8, 4) is 11.5 Å². The number of phenols is 1. The Bertz CT molecular complexity index is 1040. The Hall–Kier alpha value is -3.66. The molecule has 2 aromatic rings. The van der Waals surface area contributed by atoms with Crippen LogP contribution in [0.15, 0.2) is 48.0 Å². The van der Waals surface area contributed by atoms with Gasteiger partial charge in [-0.3, -0.25) is 10.1 Å². The molecule has 1 aliphatic heterocycles. The van der Waals surface area contributed by atoms with Crippen LogP contribution in [0.3, 0.4) is 0 Å². The number of ether oxygens (including phenoxy) is 2. The van der Waals surface area contributed by atoms with Gasteiger partial charge in [-0.05, 0) is 24.7 Å². The first-order chi connectivity index (χ1) is 14.4. The molecule has 1 unspecified atom stereocenters. The predicted octanol–water partition coefficient (Wildman–Crippen LogP) is 2.80. The summed E-state index contributed by atoms with van der Waals surface area (Å²) in [6.45, 7) is 1.78. The Morgan fingerprint density at radius 2 is 2.00 bits per heavy atom. The normalized spacial score (nSPS) is 15.8. The van der Waals surface area contributed by atoms with Gasteiger partial charge in [0.1, 0.15) is 0 Å². The Balaban J connectivity index is 2.29. The molecule has 3 N–H and O–H groups in total. The molecule has 30 heavy (non-hydrogen) atoms. The molecule has 0 fully saturated rings. The molecule has 1 atom stereocenters. The average Bonchev–Trinajstić information content (AvgIpc) is 2.73. The van der Waals surface area contributed by atoms with Crippen molar-refractivity contribution in [1.29, 1.82) is 0 Å². The summed E-state index contributed by atoms with van der Waals surface area (Å²) < 4.78 is 10.3. The Morgan fingerprint density at radius 3 is 2.60 bits per heavy atom. The average molecular weight is 429 g/mol. The summed E-state index contributed by atoms with van der Waals surface area (Å²) in [4.78, 5) is 23.7. The zero-order valence-corrected chi connectivity index (χ0v) is 17.0. The SMILES string of the molecule is CCOC(=O)C1=C(c2ccccc2)NC(=S)NC1c1cc([N+](=O)[O-])cc(OC)c1O. The van der Waals surface area contributed by atoms with E-state index in [1.807, 2.05) is 6.07 Å². The lowest BCUT2D eigenvalue weighted by atomic mass is 9.91. The lowest BCUT2D eigenvalue weighted by molar-refractivity contribution is -0.385. The summed E-state index contributed by atoms with van der Waals surface area (Å²) in [6.07, 6.45) is 0. The standard InChI is InChI=1S/C20H19N3O6S/c1-3-29-19(25)15-16(11-7-5-4-6-8-11)21-20(30)22-17(15)13-9-12(23(26)27)10-14(28-2)18(13)24/h4-10,17,24H,3H2,1-2H3,(H2,21,22,30). The van der Waals surface area contributed by atoms with E-state index in [0.717, 1.165) is 6.07 Å². The van der Waals surface area contributed by atoms with E-state index in [9.17, 15) is 20.0 Å². The van der Waals surface area contributed by atoms with Gasteiger partial charge >= 0.3 is 5.97 Å². The molecule has 10 heteroatoms. The van der Waals surface area contributed by atoms with Crippen molar-refractivity contribution >= 4 is 34.7 Å². The van der Waals surface area contributed by atoms with Gasteiger partial charge in [-0.1, -0.05) is 30.3 Å². The highest BCUT2D eigenvalue weighted by Crippen LogP contribution is 2.42. The summed E-state index contributed by atoms with van der Waals surface area (Å²) in [5, 5.41) is 28.1. The van der Waals surface area contributed by atoms with E-state index in [-0.39, 0.29) is 40.0 Å². The van der Waals surface area contributed by atoms with Gasteiger partial charge in [0.15, 0.2) is 16.6 Å². The third-order valence-electron chi connectivity index (χ3n) is 4.46. The van der Waals surface area contributed by atoms with E-state index in [4.69, 9.17) is 21.7 Å². The van der Waals surface area contributed by atoms with Gasteiger partial charge in [-0.25, -0.2) is 4.79 Å². The molecule has 0 spiro atoms. The fourth-order valence-corrected chi connectivity index (χ4v) is 3.37. The lowest BCUT2D eigenvalue weighted by Crippen LogP contribution is -2.45. The molecule has 0 aliphatic carbocycles. The molecule has 0 saturated carbocycles.